The molecule has 0 amide bonds. The molecule has 108 valence electrons. The highest BCUT2D eigenvalue weighted by Crippen LogP contribution is 2.22. The first kappa shape index (κ1) is 13.9. The van der Waals surface area contributed by atoms with Crippen LogP contribution in [0.25, 0.3) is 0 Å². The number of rotatable bonds is 5. The van der Waals surface area contributed by atoms with Gasteiger partial charge in [-0.15, -0.1) is 0 Å². The fourth-order valence-electron chi connectivity index (χ4n) is 1.94. The second-order valence-corrected chi connectivity index (χ2v) is 4.72. The van der Waals surface area contributed by atoms with Crippen molar-refractivity contribution in [2.45, 2.75) is 0 Å². The van der Waals surface area contributed by atoms with E-state index in [4.69, 9.17) is 4.74 Å². The van der Waals surface area contributed by atoms with E-state index < -0.39 is 0 Å². The minimum atomic E-state index is 0.795. The molecule has 0 aliphatic carbocycles. The molecule has 0 saturated heterocycles. The zero-order valence-corrected chi connectivity index (χ0v) is 12.0. The van der Waals surface area contributed by atoms with Gasteiger partial charge in [-0.3, -0.25) is 5.43 Å². The van der Waals surface area contributed by atoms with Crippen LogP contribution in [0.1, 0.15) is 5.56 Å². The summed E-state index contributed by atoms with van der Waals surface area (Å²) < 4.78 is 5.74. The molecule has 0 aliphatic rings. The number of hydrogen-bond acceptors (Lipinski definition) is 3. The fourth-order valence-corrected chi connectivity index (χ4v) is 1.94. The second-order valence-electron chi connectivity index (χ2n) is 4.72. The van der Waals surface area contributed by atoms with Crippen LogP contribution in [0.15, 0.2) is 90.0 Å². The standard InChI is InChI=1S/C19H16N2O/c1-3-7-16(8-4-1)15-20-21-17-11-13-19(14-12-17)22-18-9-5-2-6-10-18/h1-15,21H. The van der Waals surface area contributed by atoms with Crippen LogP contribution in [-0.4, -0.2) is 6.21 Å². The quantitative estimate of drug-likeness (QED) is 0.533. The average Bonchev–Trinajstić information content (AvgIpc) is 2.58. The van der Waals surface area contributed by atoms with Gasteiger partial charge in [-0.25, -0.2) is 0 Å². The number of nitrogens with zero attached hydrogens (tertiary/aromatic N) is 1. The number of ether oxygens (including phenoxy) is 1. The Hall–Kier alpha value is -3.07. The molecule has 0 aromatic heterocycles. The summed E-state index contributed by atoms with van der Waals surface area (Å²) in [4.78, 5) is 0. The molecule has 0 fully saturated rings. The predicted molar refractivity (Wildman–Crippen MR) is 90.6 cm³/mol. The lowest BCUT2D eigenvalue weighted by molar-refractivity contribution is 0.483. The maximum Gasteiger partial charge on any atom is 0.127 e. The number of hydrogen-bond donors (Lipinski definition) is 1. The topological polar surface area (TPSA) is 33.6 Å². The Morgan fingerprint density at radius 2 is 1.27 bits per heavy atom. The van der Waals surface area contributed by atoms with Crippen molar-refractivity contribution in [2.75, 3.05) is 5.43 Å². The number of para-hydroxylation sites is 1. The lowest BCUT2D eigenvalue weighted by atomic mass is 10.2. The Kier molecular flexibility index (Phi) is 4.47. The fraction of sp³-hybridized carbons (Fsp3) is 0. The molecule has 3 nitrogen and oxygen atoms in total. The third kappa shape index (κ3) is 3.96. The molecular formula is C19H16N2O. The van der Waals surface area contributed by atoms with Crippen LogP contribution in [0.2, 0.25) is 0 Å². The Morgan fingerprint density at radius 3 is 1.95 bits per heavy atom. The summed E-state index contributed by atoms with van der Waals surface area (Å²) in [6.45, 7) is 0. The van der Waals surface area contributed by atoms with Crippen LogP contribution >= 0.6 is 0 Å². The summed E-state index contributed by atoms with van der Waals surface area (Å²) in [5.41, 5.74) is 4.96. The molecule has 3 heteroatoms. The van der Waals surface area contributed by atoms with Gasteiger partial charge in [0.1, 0.15) is 11.5 Å². The van der Waals surface area contributed by atoms with Crippen LogP contribution in [0.5, 0.6) is 11.5 Å². The van der Waals surface area contributed by atoms with Crippen molar-refractivity contribution < 1.29 is 4.74 Å². The summed E-state index contributed by atoms with van der Waals surface area (Å²) in [5, 5.41) is 4.21. The third-order valence-electron chi connectivity index (χ3n) is 3.04. The van der Waals surface area contributed by atoms with Crippen molar-refractivity contribution in [2.24, 2.45) is 5.10 Å². The Morgan fingerprint density at radius 1 is 0.682 bits per heavy atom. The number of anilines is 1. The minimum Gasteiger partial charge on any atom is -0.457 e. The van der Waals surface area contributed by atoms with Gasteiger partial charge in [0.25, 0.3) is 0 Å². The van der Waals surface area contributed by atoms with Gasteiger partial charge in [0.05, 0.1) is 11.9 Å². The molecule has 22 heavy (non-hydrogen) atoms. The van der Waals surface area contributed by atoms with Gasteiger partial charge >= 0.3 is 0 Å². The third-order valence-corrected chi connectivity index (χ3v) is 3.04. The lowest BCUT2D eigenvalue weighted by Gasteiger charge is -2.06. The van der Waals surface area contributed by atoms with E-state index >= 15 is 0 Å². The molecule has 3 rings (SSSR count). The highest BCUT2D eigenvalue weighted by Gasteiger charge is 1.96. The first-order valence-corrected chi connectivity index (χ1v) is 7.07. The van der Waals surface area contributed by atoms with E-state index in [1.807, 2.05) is 84.9 Å². The monoisotopic (exact) mass is 288 g/mol. The highest BCUT2D eigenvalue weighted by molar-refractivity contribution is 5.80. The highest BCUT2D eigenvalue weighted by atomic mass is 16.5. The molecule has 0 aliphatic heterocycles. The summed E-state index contributed by atoms with van der Waals surface area (Å²) in [6.07, 6.45) is 1.79. The summed E-state index contributed by atoms with van der Waals surface area (Å²) in [7, 11) is 0. The zero-order valence-electron chi connectivity index (χ0n) is 12.0. The average molecular weight is 288 g/mol. The summed E-state index contributed by atoms with van der Waals surface area (Å²) in [6, 6.07) is 27.3. The molecule has 0 heterocycles. The SMILES string of the molecule is C(=NNc1ccc(Oc2ccccc2)cc1)c1ccccc1. The van der Waals surface area contributed by atoms with Crippen molar-refractivity contribution >= 4 is 11.9 Å². The van der Waals surface area contributed by atoms with E-state index in [1.54, 1.807) is 6.21 Å². The van der Waals surface area contributed by atoms with E-state index in [0.29, 0.717) is 0 Å². The molecular weight excluding hydrogens is 272 g/mol. The van der Waals surface area contributed by atoms with Crippen LogP contribution < -0.4 is 10.2 Å². The van der Waals surface area contributed by atoms with Crippen LogP contribution in [0.3, 0.4) is 0 Å². The molecule has 3 aromatic rings. The molecule has 0 atom stereocenters. The number of benzene rings is 3. The largest absolute Gasteiger partial charge is 0.457 e. The van der Waals surface area contributed by atoms with Gasteiger partial charge in [0.15, 0.2) is 0 Å². The van der Waals surface area contributed by atoms with Crippen LogP contribution in [0.4, 0.5) is 5.69 Å². The van der Waals surface area contributed by atoms with Gasteiger partial charge in [0, 0.05) is 0 Å². The molecule has 3 aromatic carbocycles. The van der Waals surface area contributed by atoms with E-state index in [9.17, 15) is 0 Å². The van der Waals surface area contributed by atoms with Crippen molar-refractivity contribution in [1.29, 1.82) is 0 Å². The summed E-state index contributed by atoms with van der Waals surface area (Å²) in [5.74, 6) is 1.62. The first-order chi connectivity index (χ1) is 10.9. The smallest absolute Gasteiger partial charge is 0.127 e. The Balaban J connectivity index is 1.59. The lowest BCUT2D eigenvalue weighted by Crippen LogP contribution is -1.90. The molecule has 0 bridgehead atoms. The molecule has 0 radical (unpaired) electrons. The minimum absolute atomic E-state index is 0.795. The van der Waals surface area contributed by atoms with Crippen molar-refractivity contribution in [3.8, 4) is 11.5 Å². The Labute approximate surface area is 129 Å². The number of nitrogens with one attached hydrogen (secondary N) is 1. The van der Waals surface area contributed by atoms with Crippen molar-refractivity contribution in [3.63, 3.8) is 0 Å². The van der Waals surface area contributed by atoms with E-state index in [1.165, 1.54) is 0 Å². The molecule has 0 saturated carbocycles. The zero-order chi connectivity index (χ0) is 15.0. The van der Waals surface area contributed by atoms with Gasteiger partial charge in [-0.1, -0.05) is 48.5 Å². The van der Waals surface area contributed by atoms with Gasteiger partial charge in [0.2, 0.25) is 0 Å². The normalized spacial score (nSPS) is 10.5. The molecule has 0 unspecified atom stereocenters. The first-order valence-electron chi connectivity index (χ1n) is 7.07. The van der Waals surface area contributed by atoms with Crippen molar-refractivity contribution in [1.82, 2.24) is 0 Å². The van der Waals surface area contributed by atoms with Gasteiger partial charge in [-0.05, 0) is 42.0 Å². The van der Waals surface area contributed by atoms with Gasteiger partial charge in [-0.2, -0.15) is 5.10 Å². The van der Waals surface area contributed by atoms with E-state index in [-0.39, 0.29) is 0 Å². The molecule has 0 spiro atoms. The van der Waals surface area contributed by atoms with Crippen molar-refractivity contribution in [3.05, 3.63) is 90.5 Å². The van der Waals surface area contributed by atoms with Crippen LogP contribution in [0, 0.1) is 0 Å². The molecule has 1 N–H and O–H groups in total. The summed E-state index contributed by atoms with van der Waals surface area (Å²) >= 11 is 0. The van der Waals surface area contributed by atoms with Gasteiger partial charge < -0.3 is 4.74 Å². The Bertz CT molecular complexity index is 722. The second kappa shape index (κ2) is 7.09. The maximum atomic E-state index is 5.74. The number of hydrazone groups is 1. The van der Waals surface area contributed by atoms with E-state index in [0.717, 1.165) is 22.7 Å². The van der Waals surface area contributed by atoms with Crippen LogP contribution in [-0.2, 0) is 0 Å². The van der Waals surface area contributed by atoms with E-state index in [2.05, 4.69) is 10.5 Å². The maximum absolute atomic E-state index is 5.74. The predicted octanol–water partition coefficient (Wildman–Crippen LogP) is 4.92.